The van der Waals surface area contributed by atoms with E-state index >= 15 is 0 Å². The molecule has 0 aromatic heterocycles. The molecule has 1 amide bonds. The van der Waals surface area contributed by atoms with E-state index in [0.29, 0.717) is 37.4 Å². The summed E-state index contributed by atoms with van der Waals surface area (Å²) in [4.78, 5) is 16.3. The van der Waals surface area contributed by atoms with Gasteiger partial charge >= 0.3 is 0 Å². The Morgan fingerprint density at radius 1 is 1.07 bits per heavy atom. The van der Waals surface area contributed by atoms with Crippen molar-refractivity contribution >= 4 is 22.9 Å². The van der Waals surface area contributed by atoms with E-state index in [9.17, 15) is 17.8 Å². The minimum atomic E-state index is -2.17. The van der Waals surface area contributed by atoms with Crippen LogP contribution in [0, 0.1) is 11.6 Å². The van der Waals surface area contributed by atoms with Gasteiger partial charge in [-0.1, -0.05) is 6.07 Å². The zero-order valence-corrected chi connectivity index (χ0v) is 16.1. The highest BCUT2D eigenvalue weighted by Crippen LogP contribution is 2.27. The van der Waals surface area contributed by atoms with Gasteiger partial charge in [0.05, 0.1) is 0 Å². The first-order valence-corrected chi connectivity index (χ1v) is 9.92. The second kappa shape index (κ2) is 8.76. The third-order valence-electron chi connectivity index (χ3n) is 4.90. The van der Waals surface area contributed by atoms with Crippen molar-refractivity contribution in [3.63, 3.8) is 0 Å². The van der Waals surface area contributed by atoms with Gasteiger partial charge in [-0.25, -0.2) is 13.0 Å². The van der Waals surface area contributed by atoms with Gasteiger partial charge < -0.3 is 4.90 Å². The van der Waals surface area contributed by atoms with Gasteiger partial charge in [-0.05, 0) is 43.3 Å². The van der Waals surface area contributed by atoms with Crippen LogP contribution in [0.25, 0.3) is 0 Å². The quantitative estimate of drug-likeness (QED) is 0.745. The number of benzene rings is 2. The normalized spacial score (nSPS) is 17.2. The molecule has 28 heavy (non-hydrogen) atoms. The summed E-state index contributed by atoms with van der Waals surface area (Å²) in [6.07, 6.45) is 0. The summed E-state index contributed by atoms with van der Waals surface area (Å²) in [6, 6.07) is 9.70. The highest BCUT2D eigenvalue weighted by Gasteiger charge is 2.28. The first-order chi connectivity index (χ1) is 13.4. The molecular formula is C19H21F2N3O3S. The molecule has 150 valence electrons. The molecule has 0 bridgehead atoms. The molecule has 6 nitrogen and oxygen atoms in total. The summed E-state index contributed by atoms with van der Waals surface area (Å²) in [6.45, 7) is 3.66. The fourth-order valence-electron chi connectivity index (χ4n) is 3.37. The zero-order chi connectivity index (χ0) is 20.3. The van der Waals surface area contributed by atoms with Crippen LogP contribution in [0.15, 0.2) is 42.5 Å². The van der Waals surface area contributed by atoms with Crippen LogP contribution in [0.1, 0.15) is 28.9 Å². The Morgan fingerprint density at radius 2 is 1.64 bits per heavy atom. The molecule has 1 saturated heterocycles. The molecule has 2 unspecified atom stereocenters. The third-order valence-corrected chi connectivity index (χ3v) is 5.31. The predicted octanol–water partition coefficient (Wildman–Crippen LogP) is 3.03. The van der Waals surface area contributed by atoms with E-state index in [0.717, 1.165) is 0 Å². The molecule has 9 heteroatoms. The lowest BCUT2D eigenvalue weighted by atomic mass is 10.0. The number of carbonyl (C=O) groups excluding carboxylic acids is 1. The summed E-state index contributed by atoms with van der Waals surface area (Å²) < 4.78 is 49.9. The maximum absolute atomic E-state index is 14.0. The minimum absolute atomic E-state index is 0.0478. The number of rotatable bonds is 5. The number of amides is 1. The van der Waals surface area contributed by atoms with Crippen molar-refractivity contribution in [1.82, 2.24) is 9.80 Å². The van der Waals surface area contributed by atoms with Crippen molar-refractivity contribution in [3.05, 3.63) is 65.2 Å². The monoisotopic (exact) mass is 409 g/mol. The van der Waals surface area contributed by atoms with Crippen molar-refractivity contribution in [2.45, 2.75) is 13.0 Å². The van der Waals surface area contributed by atoms with E-state index < -0.39 is 28.9 Å². The smallest absolute Gasteiger partial charge is 0.259 e. The Hall–Kier alpha value is -2.36. The van der Waals surface area contributed by atoms with Crippen LogP contribution in [0.2, 0.25) is 0 Å². The summed E-state index contributed by atoms with van der Waals surface area (Å²) in [5.41, 5.74) is 0.950. The fraction of sp³-hybridized carbons (Fsp3) is 0.316. The molecule has 2 aromatic carbocycles. The second-order valence-electron chi connectivity index (χ2n) is 6.57. The molecule has 2 N–H and O–H groups in total. The number of carbonyl (C=O) groups is 1. The summed E-state index contributed by atoms with van der Waals surface area (Å²) in [5.74, 6) is -1.28. The molecule has 0 radical (unpaired) electrons. The number of anilines is 1. The van der Waals surface area contributed by atoms with Crippen LogP contribution in [-0.4, -0.2) is 50.6 Å². The minimum Gasteiger partial charge on any atom is -0.336 e. The molecule has 0 saturated carbocycles. The maximum atomic E-state index is 14.0. The van der Waals surface area contributed by atoms with Crippen molar-refractivity contribution < 1.29 is 22.3 Å². The maximum Gasteiger partial charge on any atom is 0.259 e. The van der Waals surface area contributed by atoms with Crippen molar-refractivity contribution in [2.24, 2.45) is 0 Å². The van der Waals surface area contributed by atoms with E-state index in [4.69, 9.17) is 4.55 Å². The lowest BCUT2D eigenvalue weighted by Crippen LogP contribution is -2.49. The molecule has 1 fully saturated rings. The van der Waals surface area contributed by atoms with Crippen molar-refractivity contribution in [1.29, 1.82) is 0 Å². The van der Waals surface area contributed by atoms with E-state index in [1.165, 1.54) is 18.2 Å². The molecule has 3 rings (SSSR count). The van der Waals surface area contributed by atoms with Gasteiger partial charge in [0.2, 0.25) is 0 Å². The topological polar surface area (TPSA) is 72.9 Å². The SMILES string of the molecule is CC(c1c(F)cccc1F)N1CCN(C(=O)c2ccc(NS(=O)O)cc2)CC1. The lowest BCUT2D eigenvalue weighted by Gasteiger charge is -2.38. The zero-order valence-electron chi connectivity index (χ0n) is 15.3. The Balaban J connectivity index is 1.62. The van der Waals surface area contributed by atoms with E-state index in [1.54, 1.807) is 36.1 Å². The Labute approximate surface area is 164 Å². The number of nitrogens with one attached hydrogen (secondary N) is 1. The van der Waals surface area contributed by atoms with Gasteiger partial charge in [0.15, 0.2) is 0 Å². The molecule has 0 spiro atoms. The molecule has 1 aliphatic rings. The Kier molecular flexibility index (Phi) is 6.38. The summed E-state index contributed by atoms with van der Waals surface area (Å²) in [7, 11) is 0. The highest BCUT2D eigenvalue weighted by molar-refractivity contribution is 7.80. The van der Waals surface area contributed by atoms with Crippen LogP contribution in [0.4, 0.5) is 14.5 Å². The average Bonchev–Trinajstić information content (AvgIpc) is 2.67. The van der Waals surface area contributed by atoms with Crippen LogP contribution in [0.3, 0.4) is 0 Å². The fourth-order valence-corrected chi connectivity index (χ4v) is 3.71. The second-order valence-corrected chi connectivity index (χ2v) is 7.27. The van der Waals surface area contributed by atoms with Gasteiger partial charge in [0, 0.05) is 49.0 Å². The largest absolute Gasteiger partial charge is 0.336 e. The third kappa shape index (κ3) is 4.54. The number of hydrogen-bond donors (Lipinski definition) is 2. The highest BCUT2D eigenvalue weighted by atomic mass is 32.2. The Bertz CT molecular complexity index is 851. The van der Waals surface area contributed by atoms with Crippen molar-refractivity contribution in [2.75, 3.05) is 30.9 Å². The van der Waals surface area contributed by atoms with Gasteiger partial charge in [0.1, 0.15) is 11.6 Å². The summed E-state index contributed by atoms with van der Waals surface area (Å²) in [5, 5.41) is 0. The number of piperazine rings is 1. The number of halogens is 2. The number of nitrogens with zero attached hydrogens (tertiary/aromatic N) is 2. The molecule has 2 aromatic rings. The lowest BCUT2D eigenvalue weighted by molar-refractivity contribution is 0.0576. The molecule has 1 aliphatic heterocycles. The van der Waals surface area contributed by atoms with E-state index in [-0.39, 0.29) is 11.5 Å². The van der Waals surface area contributed by atoms with Gasteiger partial charge in [-0.2, -0.15) is 0 Å². The van der Waals surface area contributed by atoms with Crippen LogP contribution in [0.5, 0.6) is 0 Å². The van der Waals surface area contributed by atoms with Gasteiger partial charge in [-0.15, -0.1) is 0 Å². The average molecular weight is 409 g/mol. The molecular weight excluding hydrogens is 388 g/mol. The number of hydrogen-bond acceptors (Lipinski definition) is 3. The van der Waals surface area contributed by atoms with Gasteiger partial charge in [-0.3, -0.25) is 19.0 Å². The van der Waals surface area contributed by atoms with E-state index in [1.807, 2.05) is 4.90 Å². The predicted molar refractivity (Wildman–Crippen MR) is 103 cm³/mol. The molecule has 0 aliphatic carbocycles. The molecule has 2 atom stereocenters. The Morgan fingerprint density at radius 3 is 2.18 bits per heavy atom. The van der Waals surface area contributed by atoms with Crippen molar-refractivity contribution in [3.8, 4) is 0 Å². The first-order valence-electron chi connectivity index (χ1n) is 8.81. The first kappa shape index (κ1) is 20.4. The standard InChI is InChI=1S/C19H21F2N3O3S/c1-13(18-16(20)3-2-4-17(18)21)23-9-11-24(12-10-23)19(25)14-5-7-15(8-6-14)22-28(26)27/h2-8,13,22H,9-12H2,1H3,(H,26,27). The van der Waals surface area contributed by atoms with Gasteiger partial charge in [0.25, 0.3) is 17.2 Å². The van der Waals surface area contributed by atoms with Crippen LogP contribution in [-0.2, 0) is 11.3 Å². The summed E-state index contributed by atoms with van der Waals surface area (Å²) >= 11 is -2.17. The van der Waals surface area contributed by atoms with E-state index in [2.05, 4.69) is 4.72 Å². The van der Waals surface area contributed by atoms with Crippen LogP contribution < -0.4 is 4.72 Å². The molecule has 1 heterocycles. The van der Waals surface area contributed by atoms with Crippen LogP contribution >= 0.6 is 0 Å².